The van der Waals surface area contributed by atoms with Gasteiger partial charge >= 0.3 is 0 Å². The maximum absolute atomic E-state index is 11.5. The van der Waals surface area contributed by atoms with Gasteiger partial charge in [0.25, 0.3) is 0 Å². The molecular weight excluding hydrogens is 370 g/mol. The van der Waals surface area contributed by atoms with E-state index in [2.05, 4.69) is 34.6 Å². The Balaban J connectivity index is 1.49. The van der Waals surface area contributed by atoms with Gasteiger partial charge in [-0.1, -0.05) is 53.9 Å². The van der Waals surface area contributed by atoms with Gasteiger partial charge in [-0.05, 0) is 103 Å². The lowest BCUT2D eigenvalue weighted by Crippen LogP contribution is -2.53. The summed E-state index contributed by atoms with van der Waals surface area (Å²) in [6, 6.07) is 0. The average Bonchev–Trinajstić information content (AvgIpc) is 3.04. The summed E-state index contributed by atoms with van der Waals surface area (Å²) in [5, 5.41) is 11.5. The number of fused-ring (bicyclic) bond motifs is 5. The third-order valence-corrected chi connectivity index (χ3v) is 10.7. The van der Waals surface area contributed by atoms with Crippen molar-refractivity contribution in [3.63, 3.8) is 0 Å². The van der Waals surface area contributed by atoms with Gasteiger partial charge in [-0.2, -0.15) is 0 Å². The first kappa shape index (κ1) is 22.3. The Morgan fingerprint density at radius 3 is 2.47 bits per heavy atom. The zero-order valence-corrected chi connectivity index (χ0v) is 20.2. The summed E-state index contributed by atoms with van der Waals surface area (Å²) in [5.74, 6) is 5.60. The largest absolute Gasteiger partial charge is 0.259 e. The Labute approximate surface area is 184 Å². The van der Waals surface area contributed by atoms with Gasteiger partial charge in [-0.15, -0.1) is 0 Å². The van der Waals surface area contributed by atoms with Crippen molar-refractivity contribution in [2.75, 3.05) is 0 Å². The van der Waals surface area contributed by atoms with Gasteiger partial charge in [0.1, 0.15) is 0 Å². The lowest BCUT2D eigenvalue weighted by Gasteiger charge is -2.60. The van der Waals surface area contributed by atoms with Gasteiger partial charge in [0.05, 0.1) is 4.92 Å². The van der Waals surface area contributed by atoms with Crippen molar-refractivity contribution >= 4 is 0 Å². The second kappa shape index (κ2) is 8.24. The molecule has 3 nitrogen and oxygen atoms in total. The van der Waals surface area contributed by atoms with E-state index in [1.807, 2.05) is 6.08 Å². The molecule has 0 saturated heterocycles. The quantitative estimate of drug-likeness (QED) is 0.327. The molecule has 0 aromatic heterocycles. The molecule has 0 N–H and O–H groups in total. The molecule has 0 bridgehead atoms. The first-order valence-electron chi connectivity index (χ1n) is 13.0. The van der Waals surface area contributed by atoms with Crippen LogP contribution in [0.3, 0.4) is 0 Å². The maximum Gasteiger partial charge on any atom is 0.242 e. The van der Waals surface area contributed by atoms with E-state index in [1.165, 1.54) is 57.8 Å². The zero-order valence-electron chi connectivity index (χ0n) is 20.2. The van der Waals surface area contributed by atoms with Crippen molar-refractivity contribution in [1.82, 2.24) is 0 Å². The van der Waals surface area contributed by atoms with Gasteiger partial charge < -0.3 is 0 Å². The standard InChI is InChI=1S/C27H45NO2/c1-18(2)7-6-8-19(3)23-13-14-24-22-12-10-20-9-11-21(28(29)30)17-27(20,5)25(22)15-16-26(23,24)4/h11,18-20,22-25H,6-10,12-17H2,1-5H3/t19-,20?,22+,23-,24+,25+,26-,27+/m1/s1. The van der Waals surface area contributed by atoms with Crippen LogP contribution in [-0.4, -0.2) is 4.92 Å². The summed E-state index contributed by atoms with van der Waals surface area (Å²) in [6.45, 7) is 12.3. The van der Waals surface area contributed by atoms with Gasteiger partial charge in [-0.3, -0.25) is 10.1 Å². The Bertz CT molecular complexity index is 684. The van der Waals surface area contributed by atoms with E-state index in [-0.39, 0.29) is 10.3 Å². The normalized spacial score (nSPS) is 44.1. The number of nitrogens with zero attached hydrogens (tertiary/aromatic N) is 1. The summed E-state index contributed by atoms with van der Waals surface area (Å²) in [6.07, 6.45) is 15.9. The molecule has 0 radical (unpaired) electrons. The van der Waals surface area contributed by atoms with Crippen LogP contribution in [0.5, 0.6) is 0 Å². The van der Waals surface area contributed by atoms with E-state index in [4.69, 9.17) is 0 Å². The molecule has 0 aromatic rings. The molecule has 0 amide bonds. The fraction of sp³-hybridized carbons (Fsp3) is 0.926. The first-order valence-corrected chi connectivity index (χ1v) is 13.0. The Kier molecular flexibility index (Phi) is 6.14. The summed E-state index contributed by atoms with van der Waals surface area (Å²) in [5.41, 5.74) is 1.17. The maximum atomic E-state index is 11.5. The third kappa shape index (κ3) is 3.66. The van der Waals surface area contributed by atoms with E-state index in [9.17, 15) is 10.1 Å². The number of rotatable bonds is 6. The molecule has 0 aliphatic heterocycles. The van der Waals surface area contributed by atoms with E-state index < -0.39 is 0 Å². The fourth-order valence-corrected chi connectivity index (χ4v) is 9.10. The molecular formula is C27H45NO2. The highest BCUT2D eigenvalue weighted by molar-refractivity contribution is 5.14. The van der Waals surface area contributed by atoms with Crippen molar-refractivity contribution in [2.45, 2.75) is 105 Å². The fourth-order valence-electron chi connectivity index (χ4n) is 9.10. The van der Waals surface area contributed by atoms with Crippen molar-refractivity contribution < 1.29 is 4.92 Å². The Morgan fingerprint density at radius 1 is 1.03 bits per heavy atom. The second-order valence-corrected chi connectivity index (χ2v) is 12.6. The van der Waals surface area contributed by atoms with Crippen molar-refractivity contribution in [1.29, 1.82) is 0 Å². The first-order chi connectivity index (χ1) is 14.2. The highest BCUT2D eigenvalue weighted by atomic mass is 16.6. The van der Waals surface area contributed by atoms with E-state index >= 15 is 0 Å². The lowest BCUT2D eigenvalue weighted by molar-refractivity contribution is -0.433. The molecule has 0 heterocycles. The molecule has 0 spiro atoms. The van der Waals surface area contributed by atoms with Crippen LogP contribution in [0.4, 0.5) is 0 Å². The minimum absolute atomic E-state index is 0.0948. The summed E-state index contributed by atoms with van der Waals surface area (Å²) >= 11 is 0. The van der Waals surface area contributed by atoms with E-state index in [1.54, 1.807) is 0 Å². The molecule has 4 aliphatic rings. The van der Waals surface area contributed by atoms with Crippen molar-refractivity contribution in [3.8, 4) is 0 Å². The topological polar surface area (TPSA) is 43.1 Å². The van der Waals surface area contributed by atoms with Crippen LogP contribution in [0.15, 0.2) is 11.8 Å². The minimum atomic E-state index is -0.0948. The number of hydrogen-bond donors (Lipinski definition) is 0. The van der Waals surface area contributed by atoms with E-state index in [0.717, 1.165) is 36.0 Å². The third-order valence-electron chi connectivity index (χ3n) is 10.7. The summed E-state index contributed by atoms with van der Waals surface area (Å²) < 4.78 is 0. The van der Waals surface area contributed by atoms with Gasteiger partial charge in [-0.25, -0.2) is 0 Å². The van der Waals surface area contributed by atoms with Crippen LogP contribution in [0.1, 0.15) is 105 Å². The second-order valence-electron chi connectivity index (χ2n) is 12.6. The minimum Gasteiger partial charge on any atom is -0.259 e. The molecule has 0 aromatic carbocycles. The monoisotopic (exact) mass is 415 g/mol. The Hall–Kier alpha value is -0.860. The highest BCUT2D eigenvalue weighted by Gasteiger charge is 2.60. The van der Waals surface area contributed by atoms with Crippen LogP contribution < -0.4 is 0 Å². The van der Waals surface area contributed by atoms with E-state index in [0.29, 0.717) is 29.4 Å². The molecule has 30 heavy (non-hydrogen) atoms. The van der Waals surface area contributed by atoms with Crippen LogP contribution in [0, 0.1) is 62.4 Å². The van der Waals surface area contributed by atoms with Crippen LogP contribution in [0.25, 0.3) is 0 Å². The lowest BCUT2D eigenvalue weighted by atomic mass is 9.45. The Morgan fingerprint density at radius 2 is 1.77 bits per heavy atom. The molecule has 3 saturated carbocycles. The smallest absolute Gasteiger partial charge is 0.242 e. The molecule has 4 rings (SSSR count). The average molecular weight is 416 g/mol. The van der Waals surface area contributed by atoms with Gasteiger partial charge in [0.2, 0.25) is 5.70 Å². The number of hydrogen-bond acceptors (Lipinski definition) is 2. The number of nitro groups is 1. The number of allylic oxidation sites excluding steroid dienone is 2. The molecule has 3 heteroatoms. The van der Waals surface area contributed by atoms with Crippen LogP contribution in [-0.2, 0) is 0 Å². The molecule has 1 unspecified atom stereocenters. The van der Waals surface area contributed by atoms with Crippen molar-refractivity contribution in [3.05, 3.63) is 21.9 Å². The molecule has 4 aliphatic carbocycles. The highest BCUT2D eigenvalue weighted by Crippen LogP contribution is 2.68. The summed E-state index contributed by atoms with van der Waals surface area (Å²) in [4.78, 5) is 11.5. The predicted molar refractivity (Wildman–Crippen MR) is 124 cm³/mol. The van der Waals surface area contributed by atoms with Crippen LogP contribution in [0.2, 0.25) is 0 Å². The SMILES string of the molecule is CC(C)CCC[C@@H](C)[C@H]1CC[C@H]2[C@@H]3CCC4CC=C([N+](=O)[O-])C[C@]4(C)[C@H]3CC[C@]12C. The van der Waals surface area contributed by atoms with Crippen molar-refractivity contribution in [2.24, 2.45) is 52.3 Å². The molecule has 8 atom stereocenters. The van der Waals surface area contributed by atoms with Gasteiger partial charge in [0.15, 0.2) is 0 Å². The molecule has 3 fully saturated rings. The zero-order chi connectivity index (χ0) is 21.7. The van der Waals surface area contributed by atoms with Crippen LogP contribution >= 0.6 is 0 Å². The molecule has 170 valence electrons. The summed E-state index contributed by atoms with van der Waals surface area (Å²) in [7, 11) is 0. The van der Waals surface area contributed by atoms with Gasteiger partial charge in [0, 0.05) is 6.42 Å². The predicted octanol–water partition coefficient (Wildman–Crippen LogP) is 7.88.